The second kappa shape index (κ2) is 5.42. The molecule has 3 N–H and O–H groups in total. The van der Waals surface area contributed by atoms with E-state index in [4.69, 9.17) is 0 Å². The Morgan fingerprint density at radius 3 is 2.78 bits per heavy atom. The Bertz CT molecular complexity index is 939. The Morgan fingerprint density at radius 2 is 1.96 bits per heavy atom. The summed E-state index contributed by atoms with van der Waals surface area (Å²) in [6, 6.07) is 17.0. The van der Waals surface area contributed by atoms with Crippen molar-refractivity contribution in [1.29, 1.82) is 0 Å². The molecule has 0 aliphatic rings. The van der Waals surface area contributed by atoms with Crippen LogP contribution >= 0.6 is 0 Å². The standard InChI is InChI=1S/C17H13N5O/c23-17(15-8-9-18-22-15)19-12-5-3-4-11(10-12)16-20-13-6-1-2-7-14(13)21-16/h1-10H,(H,18,22)(H,19,23)(H,20,21). The molecule has 0 fully saturated rings. The summed E-state index contributed by atoms with van der Waals surface area (Å²) >= 11 is 0. The number of nitrogens with zero attached hydrogens (tertiary/aromatic N) is 2. The number of aromatic nitrogens is 4. The van der Waals surface area contributed by atoms with Crippen molar-refractivity contribution in [3.63, 3.8) is 0 Å². The van der Waals surface area contributed by atoms with Gasteiger partial charge in [0.05, 0.1) is 11.0 Å². The van der Waals surface area contributed by atoms with Gasteiger partial charge in [0.1, 0.15) is 11.5 Å². The first-order chi connectivity index (χ1) is 11.3. The summed E-state index contributed by atoms with van der Waals surface area (Å²) in [4.78, 5) is 19.9. The van der Waals surface area contributed by atoms with Crippen molar-refractivity contribution < 1.29 is 4.79 Å². The van der Waals surface area contributed by atoms with Crippen LogP contribution in [0.2, 0.25) is 0 Å². The number of imidazole rings is 1. The third-order valence-corrected chi connectivity index (χ3v) is 3.53. The van der Waals surface area contributed by atoms with Crippen LogP contribution < -0.4 is 5.32 Å². The normalized spacial score (nSPS) is 10.8. The van der Waals surface area contributed by atoms with Gasteiger partial charge in [0.2, 0.25) is 0 Å². The van der Waals surface area contributed by atoms with E-state index in [0.717, 1.165) is 22.4 Å². The van der Waals surface area contributed by atoms with Crippen LogP contribution in [0.15, 0.2) is 60.8 Å². The van der Waals surface area contributed by atoms with Crippen LogP contribution in [0.25, 0.3) is 22.4 Å². The molecule has 2 aromatic heterocycles. The first kappa shape index (κ1) is 13.3. The SMILES string of the molecule is O=C(Nc1cccc(-c2nc3ccccc3[nH]2)c1)c1ccn[nH]1. The molecule has 2 aromatic carbocycles. The first-order valence-electron chi connectivity index (χ1n) is 7.15. The van der Waals surface area contributed by atoms with Crippen molar-refractivity contribution in [2.75, 3.05) is 5.32 Å². The molecule has 2 heterocycles. The van der Waals surface area contributed by atoms with E-state index in [1.165, 1.54) is 0 Å². The second-order valence-electron chi connectivity index (χ2n) is 5.11. The number of aromatic amines is 2. The number of nitrogens with one attached hydrogen (secondary N) is 3. The van der Waals surface area contributed by atoms with Crippen molar-refractivity contribution in [2.24, 2.45) is 0 Å². The average molecular weight is 303 g/mol. The molecule has 0 bridgehead atoms. The van der Waals surface area contributed by atoms with E-state index in [2.05, 4.69) is 25.5 Å². The predicted molar refractivity (Wildman–Crippen MR) is 88.1 cm³/mol. The molecule has 4 rings (SSSR count). The summed E-state index contributed by atoms with van der Waals surface area (Å²) in [5.41, 5.74) is 3.91. The minimum atomic E-state index is -0.232. The van der Waals surface area contributed by atoms with Crippen LogP contribution in [-0.2, 0) is 0 Å². The van der Waals surface area contributed by atoms with Gasteiger partial charge in [-0.2, -0.15) is 5.10 Å². The molecular weight excluding hydrogens is 290 g/mol. The third kappa shape index (κ3) is 2.57. The van der Waals surface area contributed by atoms with Crippen molar-refractivity contribution in [2.45, 2.75) is 0 Å². The molecule has 4 aromatic rings. The van der Waals surface area contributed by atoms with Crippen LogP contribution in [0.3, 0.4) is 0 Å². The fraction of sp³-hybridized carbons (Fsp3) is 0. The number of H-pyrrole nitrogens is 2. The molecule has 0 radical (unpaired) electrons. The van der Waals surface area contributed by atoms with E-state index in [0.29, 0.717) is 11.4 Å². The summed E-state index contributed by atoms with van der Waals surface area (Å²) in [6.45, 7) is 0. The summed E-state index contributed by atoms with van der Waals surface area (Å²) < 4.78 is 0. The molecule has 0 atom stereocenters. The van der Waals surface area contributed by atoms with Crippen LogP contribution in [0.5, 0.6) is 0 Å². The van der Waals surface area contributed by atoms with E-state index in [-0.39, 0.29) is 5.91 Å². The lowest BCUT2D eigenvalue weighted by Gasteiger charge is -2.05. The lowest BCUT2D eigenvalue weighted by molar-refractivity contribution is 0.102. The molecule has 0 saturated carbocycles. The van der Waals surface area contributed by atoms with E-state index in [1.807, 2.05) is 48.5 Å². The number of hydrogen-bond acceptors (Lipinski definition) is 3. The largest absolute Gasteiger partial charge is 0.338 e. The Kier molecular flexibility index (Phi) is 3.12. The van der Waals surface area contributed by atoms with Crippen LogP contribution in [0.4, 0.5) is 5.69 Å². The van der Waals surface area contributed by atoms with Crippen molar-refractivity contribution >= 4 is 22.6 Å². The van der Waals surface area contributed by atoms with Gasteiger partial charge >= 0.3 is 0 Å². The summed E-state index contributed by atoms with van der Waals surface area (Å²) in [5, 5.41) is 9.25. The molecular formula is C17H13N5O. The highest BCUT2D eigenvalue weighted by atomic mass is 16.1. The van der Waals surface area contributed by atoms with Crippen molar-refractivity contribution in [3.8, 4) is 11.4 Å². The quantitative estimate of drug-likeness (QED) is 0.543. The fourth-order valence-electron chi connectivity index (χ4n) is 2.41. The maximum Gasteiger partial charge on any atom is 0.273 e. The van der Waals surface area contributed by atoms with Gasteiger partial charge in [0, 0.05) is 17.4 Å². The van der Waals surface area contributed by atoms with Gasteiger partial charge in [-0.1, -0.05) is 24.3 Å². The summed E-state index contributed by atoms with van der Waals surface area (Å²) in [6.07, 6.45) is 1.54. The number of hydrogen-bond donors (Lipinski definition) is 3. The van der Waals surface area contributed by atoms with Gasteiger partial charge in [-0.15, -0.1) is 0 Å². The van der Waals surface area contributed by atoms with Crippen molar-refractivity contribution in [1.82, 2.24) is 20.2 Å². The molecule has 0 aliphatic heterocycles. The van der Waals surface area contributed by atoms with Crippen LogP contribution in [0, 0.1) is 0 Å². The smallest absolute Gasteiger partial charge is 0.273 e. The molecule has 0 spiro atoms. The van der Waals surface area contributed by atoms with Gasteiger partial charge in [0.15, 0.2) is 0 Å². The van der Waals surface area contributed by atoms with Crippen LogP contribution in [0.1, 0.15) is 10.5 Å². The molecule has 6 heteroatoms. The highest BCUT2D eigenvalue weighted by Gasteiger charge is 2.09. The number of benzene rings is 2. The lowest BCUT2D eigenvalue weighted by Crippen LogP contribution is -2.12. The first-order valence-corrected chi connectivity index (χ1v) is 7.15. The van der Waals surface area contributed by atoms with Crippen molar-refractivity contribution in [3.05, 3.63) is 66.5 Å². The molecule has 23 heavy (non-hydrogen) atoms. The minimum absolute atomic E-state index is 0.232. The number of carbonyl (C=O) groups is 1. The lowest BCUT2D eigenvalue weighted by atomic mass is 10.2. The zero-order valence-electron chi connectivity index (χ0n) is 12.1. The number of para-hydroxylation sites is 2. The van der Waals surface area contributed by atoms with E-state index < -0.39 is 0 Å². The zero-order valence-corrected chi connectivity index (χ0v) is 12.1. The molecule has 0 unspecified atom stereocenters. The van der Waals surface area contributed by atoms with E-state index in [9.17, 15) is 4.79 Å². The summed E-state index contributed by atoms with van der Waals surface area (Å²) in [5.74, 6) is 0.535. The second-order valence-corrected chi connectivity index (χ2v) is 5.11. The predicted octanol–water partition coefficient (Wildman–Crippen LogP) is 3.21. The van der Waals surface area contributed by atoms with Gasteiger partial charge in [-0.05, 0) is 30.3 Å². The number of fused-ring (bicyclic) bond motifs is 1. The number of anilines is 1. The number of carbonyl (C=O) groups excluding carboxylic acids is 1. The topological polar surface area (TPSA) is 86.5 Å². The molecule has 112 valence electrons. The Hall–Kier alpha value is -3.41. The molecule has 6 nitrogen and oxygen atoms in total. The highest BCUT2D eigenvalue weighted by Crippen LogP contribution is 2.23. The Balaban J connectivity index is 1.64. The summed E-state index contributed by atoms with van der Waals surface area (Å²) in [7, 11) is 0. The average Bonchev–Trinajstić information content (AvgIpc) is 3.24. The fourth-order valence-corrected chi connectivity index (χ4v) is 2.41. The van der Waals surface area contributed by atoms with E-state index >= 15 is 0 Å². The minimum Gasteiger partial charge on any atom is -0.338 e. The molecule has 0 saturated heterocycles. The van der Waals surface area contributed by atoms with Gasteiger partial charge in [-0.25, -0.2) is 4.98 Å². The highest BCUT2D eigenvalue weighted by molar-refractivity contribution is 6.03. The van der Waals surface area contributed by atoms with Gasteiger partial charge in [-0.3, -0.25) is 9.89 Å². The van der Waals surface area contributed by atoms with E-state index in [1.54, 1.807) is 12.3 Å². The molecule has 1 amide bonds. The Labute approximate surface area is 131 Å². The van der Waals surface area contributed by atoms with Crippen LogP contribution in [-0.4, -0.2) is 26.1 Å². The zero-order chi connectivity index (χ0) is 15.6. The maximum atomic E-state index is 12.1. The monoisotopic (exact) mass is 303 g/mol. The number of amides is 1. The number of rotatable bonds is 3. The molecule has 0 aliphatic carbocycles. The maximum absolute atomic E-state index is 12.1. The third-order valence-electron chi connectivity index (χ3n) is 3.53. The van der Waals surface area contributed by atoms with Gasteiger partial charge < -0.3 is 10.3 Å². The van der Waals surface area contributed by atoms with Gasteiger partial charge in [0.25, 0.3) is 5.91 Å². The Morgan fingerprint density at radius 1 is 1.04 bits per heavy atom.